The summed E-state index contributed by atoms with van der Waals surface area (Å²) in [5.74, 6) is 0. The minimum absolute atomic E-state index is 0.0305. The van der Waals surface area contributed by atoms with Gasteiger partial charge in [-0.05, 0) is 205 Å². The summed E-state index contributed by atoms with van der Waals surface area (Å²) in [6, 6.07) is 179. The highest BCUT2D eigenvalue weighted by atomic mass is 32.1. The number of fused-ring (bicyclic) bond motifs is 16. The lowest BCUT2D eigenvalue weighted by Crippen LogP contribution is -2.61. The molecule has 0 N–H and O–H groups in total. The standard InChI is InChI=1S/C50H35BN4.C38H25BN2S2.C34H21BN2S2/c1-7-20-36(21-8-1)44-34-46-49(52(44)38-24-11-3-12-25-38)42-32-19-33-43-48(42)51(54(46)40-28-15-5-16-29-40)55(41-30-17-6-18-31-41)47-35-45(37-22-9-2-10-23-37)53(50(43)47)39-26-13-4-14-27-39;1-5-14-26(15-6-1)34-24-32-37(42-34)30-22-13-23-31-36(30)39(40(32)28-18-9-3-10-19-28)41(29-20-11-4-12-21-29)33-25-35(43-38(31)33)27-16-7-2-8-17-27;1-3-12-22(13-4-1)36-31-24-16-7-9-20-28(24)38-33(31)26-18-11-19-27-30(26)35(36)37(23-14-5-2-6-15-23)32-25-17-8-10-21-29(25)39-34(27)32/h1-35H;1-25H;1-21H. The molecule has 0 aliphatic carbocycles. The highest BCUT2D eigenvalue weighted by Gasteiger charge is 2.53. The van der Waals surface area contributed by atoms with Gasteiger partial charge in [0.15, 0.2) is 0 Å². The summed E-state index contributed by atoms with van der Waals surface area (Å²) in [5, 5.41) is 2.62. The number of rotatable bonds is 12. The summed E-state index contributed by atoms with van der Waals surface area (Å²) in [4.78, 5) is 23.4. The van der Waals surface area contributed by atoms with Crippen LogP contribution in [0.5, 0.6) is 0 Å². The zero-order valence-electron chi connectivity index (χ0n) is 74.2. The maximum atomic E-state index is 2.60. The van der Waals surface area contributed by atoms with Crippen LogP contribution >= 0.6 is 45.3 Å². The molecule has 0 saturated heterocycles. The Hall–Kier alpha value is -16.4. The molecule has 0 unspecified atom stereocenters. The van der Waals surface area contributed by atoms with Crippen LogP contribution in [-0.2, 0) is 0 Å². The normalized spacial score (nSPS) is 13.0. The first-order valence-electron chi connectivity index (χ1n) is 46.7. The zero-order chi connectivity index (χ0) is 90.1. The van der Waals surface area contributed by atoms with E-state index in [4.69, 9.17) is 0 Å². The van der Waals surface area contributed by atoms with Crippen molar-refractivity contribution >= 4 is 171 Å². The predicted octanol–water partition coefficient (Wildman–Crippen LogP) is 31.9. The van der Waals surface area contributed by atoms with E-state index in [2.05, 4.69) is 529 Å². The van der Waals surface area contributed by atoms with Gasteiger partial charge in [0.25, 0.3) is 0 Å². The molecule has 0 amide bonds. The summed E-state index contributed by atoms with van der Waals surface area (Å²) in [7, 11) is 0. The summed E-state index contributed by atoms with van der Waals surface area (Å²) >= 11 is 7.62. The van der Waals surface area contributed by atoms with Gasteiger partial charge in [0.05, 0.1) is 76.4 Å². The Morgan fingerprint density at radius 3 is 0.737 bits per heavy atom. The minimum atomic E-state index is -0.193. The maximum absolute atomic E-state index is 2.60. The molecule has 8 nitrogen and oxygen atoms in total. The molecule has 6 aliphatic rings. The van der Waals surface area contributed by atoms with Gasteiger partial charge in [0.1, 0.15) is 0 Å². The molecule has 23 aromatic rings. The lowest BCUT2D eigenvalue weighted by Gasteiger charge is -2.46. The molecule has 0 atom stereocenters. The fourth-order valence-electron chi connectivity index (χ4n) is 21.9. The molecule has 0 fully saturated rings. The van der Waals surface area contributed by atoms with E-state index >= 15 is 0 Å². The van der Waals surface area contributed by atoms with Crippen LogP contribution in [0, 0.1) is 0 Å². The molecule has 17 aromatic carbocycles. The summed E-state index contributed by atoms with van der Waals surface area (Å²) in [6.07, 6.45) is 0. The van der Waals surface area contributed by atoms with Crippen LogP contribution in [0.2, 0.25) is 0 Å². The lowest BCUT2D eigenvalue weighted by molar-refractivity contribution is 1.08. The average molecular weight is 1820 g/mol. The largest absolute Gasteiger partial charge is 0.422 e. The Kier molecular flexibility index (Phi) is 19.5. The fourth-order valence-corrected chi connectivity index (χ4v) is 26.8. The van der Waals surface area contributed by atoms with E-state index in [0.29, 0.717) is 0 Å². The van der Waals surface area contributed by atoms with Crippen molar-refractivity contribution in [3.8, 4) is 119 Å². The minimum Gasteiger partial charge on any atom is -0.360 e. The number of thiophene rings is 4. The van der Waals surface area contributed by atoms with E-state index in [-0.39, 0.29) is 20.9 Å². The monoisotopic (exact) mass is 1820 g/mol. The fraction of sp³-hybridized carbons (Fsp3) is 0. The highest BCUT2D eigenvalue weighted by molar-refractivity contribution is 7.25. The topological polar surface area (TPSA) is 29.3 Å². The molecule has 6 aliphatic heterocycles. The molecule has 12 heterocycles. The molecule has 0 saturated carbocycles. The second-order valence-corrected chi connectivity index (χ2v) is 39.4. The Morgan fingerprint density at radius 1 is 0.175 bits per heavy atom. The van der Waals surface area contributed by atoms with Crippen molar-refractivity contribution in [2.45, 2.75) is 0 Å². The van der Waals surface area contributed by atoms with E-state index in [1.54, 1.807) is 0 Å². The van der Waals surface area contributed by atoms with Crippen LogP contribution < -0.4 is 45.3 Å². The van der Waals surface area contributed by atoms with E-state index < -0.39 is 0 Å². The third kappa shape index (κ3) is 13.1. The third-order valence-corrected chi connectivity index (χ3v) is 32.4. The van der Waals surface area contributed by atoms with Gasteiger partial charge in [-0.2, -0.15) is 0 Å². The number of aromatic nitrogens is 2. The van der Waals surface area contributed by atoms with Crippen molar-refractivity contribution < 1.29 is 0 Å². The van der Waals surface area contributed by atoms with Crippen LogP contribution in [0.15, 0.2) is 491 Å². The quantitative estimate of drug-likeness (QED) is 0.113. The molecular weight excluding hydrogens is 1740 g/mol. The Morgan fingerprint density at radius 2 is 0.416 bits per heavy atom. The third-order valence-electron chi connectivity index (χ3n) is 27.6. The van der Waals surface area contributed by atoms with Gasteiger partial charge >= 0.3 is 20.9 Å². The molecule has 6 aromatic heterocycles. The van der Waals surface area contributed by atoms with E-state index in [1.807, 2.05) is 45.3 Å². The summed E-state index contributed by atoms with van der Waals surface area (Å²) < 4.78 is 7.60. The van der Waals surface area contributed by atoms with Gasteiger partial charge in [-0.1, -0.05) is 358 Å². The second-order valence-electron chi connectivity index (χ2n) is 35.2. The summed E-state index contributed by atoms with van der Waals surface area (Å²) in [5.41, 5.74) is 38.1. The predicted molar refractivity (Wildman–Crippen MR) is 587 cm³/mol. The molecule has 0 bridgehead atoms. The van der Waals surface area contributed by atoms with Gasteiger partial charge in [0.2, 0.25) is 0 Å². The smallest absolute Gasteiger partial charge is 0.360 e. The first kappa shape index (κ1) is 80.3. The Balaban J connectivity index is 0.000000106. The van der Waals surface area contributed by atoms with Crippen LogP contribution in [0.1, 0.15) is 0 Å². The van der Waals surface area contributed by atoms with Crippen molar-refractivity contribution in [1.82, 2.24) is 9.13 Å². The molecule has 0 radical (unpaired) electrons. The van der Waals surface area contributed by atoms with Crippen LogP contribution in [0.4, 0.5) is 68.2 Å². The van der Waals surface area contributed by atoms with Crippen molar-refractivity contribution in [3.63, 3.8) is 0 Å². The number of anilines is 12. The number of hydrogen-bond acceptors (Lipinski definition) is 10. The number of nitrogens with zero attached hydrogens (tertiary/aromatic N) is 8. The molecule has 642 valence electrons. The van der Waals surface area contributed by atoms with Crippen molar-refractivity contribution in [2.24, 2.45) is 0 Å². The lowest BCUT2D eigenvalue weighted by atomic mass is 9.54. The van der Waals surface area contributed by atoms with Crippen molar-refractivity contribution in [3.05, 3.63) is 491 Å². The SMILES string of the molecule is c1ccc(-c2cc3c(n2-c2ccccc2)-c2cccc4c2B(N3c2ccccc2)N(c2ccccc2)c2cc(-c3ccccc3)n(-c3ccccc3)c2-4)cc1.c1ccc(-c2cc3c(s2)-c2cccc4c2B(N3c2ccccc2)N(c2ccccc2)c2cc(-c3ccccc3)sc2-4)cc1.c1ccc(N2B3c4c(cccc4-c4sc5ccccc5c4N3c3ccccc3)-c3sc4ccccc4c32)cc1. The zero-order valence-corrected chi connectivity index (χ0v) is 77.5. The van der Waals surface area contributed by atoms with E-state index in [1.165, 1.54) is 190 Å². The van der Waals surface area contributed by atoms with Gasteiger partial charge in [-0.3, -0.25) is 0 Å². The van der Waals surface area contributed by atoms with Crippen molar-refractivity contribution in [1.29, 1.82) is 0 Å². The number of para-hydroxylation sites is 8. The Labute approximate surface area is 812 Å². The number of hydrogen-bond donors (Lipinski definition) is 0. The van der Waals surface area contributed by atoms with Crippen LogP contribution in [-0.4, -0.2) is 30.1 Å². The molecule has 137 heavy (non-hydrogen) atoms. The first-order valence-corrected chi connectivity index (χ1v) is 50.0. The van der Waals surface area contributed by atoms with Crippen LogP contribution in [0.25, 0.3) is 139 Å². The average Bonchev–Trinajstić information content (AvgIpc) is 1.54. The molecule has 15 heteroatoms. The van der Waals surface area contributed by atoms with Gasteiger partial charge in [-0.15, -0.1) is 45.3 Å². The molecular formula is C122H81B3N8S4. The first-order chi connectivity index (χ1) is 68.1. The highest BCUT2D eigenvalue weighted by Crippen LogP contribution is 2.61. The summed E-state index contributed by atoms with van der Waals surface area (Å²) in [6.45, 7) is -0.272. The van der Waals surface area contributed by atoms with E-state index in [9.17, 15) is 0 Å². The van der Waals surface area contributed by atoms with Gasteiger partial charge in [-0.25, -0.2) is 0 Å². The second kappa shape index (κ2) is 33.4. The van der Waals surface area contributed by atoms with Gasteiger partial charge < -0.3 is 38.0 Å². The maximum Gasteiger partial charge on any atom is 0.422 e. The molecule has 0 spiro atoms. The van der Waals surface area contributed by atoms with Crippen molar-refractivity contribution in [2.75, 3.05) is 28.9 Å². The number of benzene rings is 17. The van der Waals surface area contributed by atoms with E-state index in [0.717, 1.165) is 34.1 Å². The van der Waals surface area contributed by atoms with Gasteiger partial charge in [0, 0.05) is 75.4 Å². The Bertz CT molecular complexity index is 8020. The van der Waals surface area contributed by atoms with Crippen LogP contribution in [0.3, 0.4) is 0 Å². The molecule has 29 rings (SSSR count).